The second-order valence-corrected chi connectivity index (χ2v) is 7.99. The van der Waals surface area contributed by atoms with Crippen molar-refractivity contribution in [1.82, 2.24) is 4.90 Å². The number of hydrogen-bond donors (Lipinski definition) is 1. The van der Waals surface area contributed by atoms with Gasteiger partial charge in [-0.3, -0.25) is 9.69 Å². The van der Waals surface area contributed by atoms with Gasteiger partial charge < -0.3 is 5.11 Å². The number of nitrogens with zero attached hydrogens (tertiary/aromatic N) is 1. The third kappa shape index (κ3) is 4.76. The van der Waals surface area contributed by atoms with Crippen LogP contribution in [0.1, 0.15) is 45.4 Å². The van der Waals surface area contributed by atoms with Crippen LogP contribution in [0.25, 0.3) is 0 Å². The van der Waals surface area contributed by atoms with E-state index in [1.165, 1.54) is 0 Å². The Kier molecular flexibility index (Phi) is 5.80. The molecular weight excluding hydrogens is 266 g/mol. The molecule has 0 amide bonds. The zero-order chi connectivity index (χ0) is 14.5. The first-order valence-corrected chi connectivity index (χ1v) is 8.77. The number of hydrogen-bond acceptors (Lipinski definition) is 4. The second-order valence-electron chi connectivity index (χ2n) is 5.51. The maximum atomic E-state index is 11.6. The molecule has 1 rings (SSSR count). The largest absolute Gasteiger partial charge is 0.481 e. The average Bonchev–Trinajstić information content (AvgIpc) is 2.36. The molecule has 0 unspecified atom stereocenters. The fourth-order valence-corrected chi connectivity index (χ4v) is 3.68. The normalized spacial score (nSPS) is 19.5. The minimum atomic E-state index is -3.00. The van der Waals surface area contributed by atoms with Gasteiger partial charge in [-0.2, -0.15) is 0 Å². The Morgan fingerprint density at radius 3 is 2.32 bits per heavy atom. The predicted molar refractivity (Wildman–Crippen MR) is 75.0 cm³/mol. The molecule has 5 nitrogen and oxygen atoms in total. The summed E-state index contributed by atoms with van der Waals surface area (Å²) in [6.07, 6.45) is 5.00. The first-order chi connectivity index (χ1) is 8.81. The van der Waals surface area contributed by atoms with E-state index >= 15 is 0 Å². The van der Waals surface area contributed by atoms with E-state index in [1.54, 1.807) is 6.92 Å². The Morgan fingerprint density at radius 1 is 1.26 bits per heavy atom. The van der Waals surface area contributed by atoms with Crippen LogP contribution in [-0.4, -0.2) is 55.0 Å². The summed E-state index contributed by atoms with van der Waals surface area (Å²) in [5.74, 6) is -0.541. The molecule has 0 spiro atoms. The van der Waals surface area contributed by atoms with Crippen molar-refractivity contribution >= 4 is 15.8 Å². The third-order valence-electron chi connectivity index (χ3n) is 4.25. The van der Waals surface area contributed by atoms with Crippen molar-refractivity contribution in [3.63, 3.8) is 0 Å². The van der Waals surface area contributed by atoms with Crippen LogP contribution >= 0.6 is 0 Å². The molecule has 1 aliphatic carbocycles. The lowest BCUT2D eigenvalue weighted by Crippen LogP contribution is -2.50. The van der Waals surface area contributed by atoms with Crippen molar-refractivity contribution in [1.29, 1.82) is 0 Å². The van der Waals surface area contributed by atoms with Gasteiger partial charge in [-0.05, 0) is 19.9 Å². The van der Waals surface area contributed by atoms with Crippen molar-refractivity contribution in [3.8, 4) is 0 Å². The molecule has 0 bridgehead atoms. The molecule has 19 heavy (non-hydrogen) atoms. The molecule has 1 fully saturated rings. The van der Waals surface area contributed by atoms with Crippen LogP contribution in [0.5, 0.6) is 0 Å². The van der Waals surface area contributed by atoms with Crippen LogP contribution in [0, 0.1) is 0 Å². The number of carbonyl (C=O) groups is 1. The molecule has 0 radical (unpaired) electrons. The van der Waals surface area contributed by atoms with E-state index < -0.39 is 15.8 Å². The summed E-state index contributed by atoms with van der Waals surface area (Å²) < 4.78 is 23.1. The van der Waals surface area contributed by atoms with Crippen molar-refractivity contribution < 1.29 is 18.3 Å². The Bertz CT molecular complexity index is 399. The van der Waals surface area contributed by atoms with Gasteiger partial charge in [0.1, 0.15) is 0 Å². The van der Waals surface area contributed by atoms with Crippen LogP contribution in [0.4, 0.5) is 0 Å². The van der Waals surface area contributed by atoms with Gasteiger partial charge in [0.2, 0.25) is 0 Å². The molecule has 0 aliphatic heterocycles. The van der Waals surface area contributed by atoms with Gasteiger partial charge in [0.15, 0.2) is 9.84 Å². The predicted octanol–water partition coefficient (Wildman–Crippen LogP) is 1.53. The second kappa shape index (κ2) is 6.70. The molecule has 0 aromatic heterocycles. The topological polar surface area (TPSA) is 74.7 Å². The molecule has 0 saturated heterocycles. The van der Waals surface area contributed by atoms with Gasteiger partial charge in [0.05, 0.1) is 12.2 Å². The van der Waals surface area contributed by atoms with Gasteiger partial charge in [-0.25, -0.2) is 8.42 Å². The van der Waals surface area contributed by atoms with Crippen LogP contribution < -0.4 is 0 Å². The van der Waals surface area contributed by atoms with Gasteiger partial charge in [-0.1, -0.05) is 26.2 Å². The molecule has 6 heteroatoms. The lowest BCUT2D eigenvalue weighted by Gasteiger charge is -2.44. The number of carboxylic acid groups (broad SMARTS) is 1. The Labute approximate surface area is 115 Å². The minimum Gasteiger partial charge on any atom is -0.481 e. The molecule has 1 aliphatic rings. The highest BCUT2D eigenvalue weighted by Crippen LogP contribution is 2.35. The minimum absolute atomic E-state index is 0.107. The Morgan fingerprint density at radius 2 is 1.84 bits per heavy atom. The smallest absolute Gasteiger partial charge is 0.305 e. The number of rotatable bonds is 7. The third-order valence-corrected chi connectivity index (χ3v) is 5.94. The summed E-state index contributed by atoms with van der Waals surface area (Å²) in [5, 5.41) is 9.11. The molecule has 1 saturated carbocycles. The fraction of sp³-hybridized carbons (Fsp3) is 0.923. The molecule has 0 aromatic carbocycles. The van der Waals surface area contributed by atoms with Crippen LogP contribution in [0.3, 0.4) is 0 Å². The van der Waals surface area contributed by atoms with E-state index in [-0.39, 0.29) is 23.5 Å². The molecule has 0 aromatic rings. The lowest BCUT2D eigenvalue weighted by atomic mass is 9.78. The highest BCUT2D eigenvalue weighted by atomic mass is 32.2. The lowest BCUT2D eigenvalue weighted by molar-refractivity contribution is -0.141. The van der Waals surface area contributed by atoms with Crippen molar-refractivity contribution in [3.05, 3.63) is 0 Å². The van der Waals surface area contributed by atoms with E-state index in [1.807, 2.05) is 11.9 Å². The maximum Gasteiger partial charge on any atom is 0.305 e. The van der Waals surface area contributed by atoms with Crippen LogP contribution in [0.2, 0.25) is 0 Å². The van der Waals surface area contributed by atoms with E-state index in [0.717, 1.165) is 32.1 Å². The van der Waals surface area contributed by atoms with Crippen LogP contribution in [-0.2, 0) is 14.6 Å². The first-order valence-electron chi connectivity index (χ1n) is 6.95. The quantitative estimate of drug-likeness (QED) is 0.770. The van der Waals surface area contributed by atoms with E-state index in [4.69, 9.17) is 5.11 Å². The zero-order valence-electron chi connectivity index (χ0n) is 11.9. The highest BCUT2D eigenvalue weighted by Gasteiger charge is 2.38. The molecular formula is C13H25NO4S. The monoisotopic (exact) mass is 291 g/mol. The average molecular weight is 291 g/mol. The van der Waals surface area contributed by atoms with E-state index in [9.17, 15) is 13.2 Å². The van der Waals surface area contributed by atoms with Gasteiger partial charge in [-0.15, -0.1) is 0 Å². The first kappa shape index (κ1) is 16.4. The van der Waals surface area contributed by atoms with Crippen molar-refractivity contribution in [2.75, 3.05) is 25.1 Å². The summed E-state index contributed by atoms with van der Waals surface area (Å²) in [6, 6.07) is 0. The van der Waals surface area contributed by atoms with Crippen molar-refractivity contribution in [2.24, 2.45) is 0 Å². The van der Waals surface area contributed by atoms with Gasteiger partial charge in [0.25, 0.3) is 0 Å². The van der Waals surface area contributed by atoms with Gasteiger partial charge in [0, 0.05) is 17.8 Å². The van der Waals surface area contributed by atoms with Gasteiger partial charge >= 0.3 is 5.97 Å². The molecule has 112 valence electrons. The van der Waals surface area contributed by atoms with E-state index in [0.29, 0.717) is 6.54 Å². The molecule has 1 N–H and O–H groups in total. The fourth-order valence-electron chi connectivity index (χ4n) is 2.84. The Balaban J connectivity index is 2.71. The molecule has 0 atom stereocenters. The summed E-state index contributed by atoms with van der Waals surface area (Å²) in [5.41, 5.74) is -0.354. The Hall–Kier alpha value is -0.620. The van der Waals surface area contributed by atoms with E-state index in [2.05, 4.69) is 0 Å². The SMILES string of the molecule is CCS(=O)(=O)CCN(C)C1(CC(=O)O)CCCCC1. The summed E-state index contributed by atoms with van der Waals surface area (Å²) in [7, 11) is -1.14. The number of sulfone groups is 1. The highest BCUT2D eigenvalue weighted by molar-refractivity contribution is 7.91. The van der Waals surface area contributed by atoms with Crippen LogP contribution in [0.15, 0.2) is 0 Å². The summed E-state index contributed by atoms with van der Waals surface area (Å²) >= 11 is 0. The zero-order valence-corrected chi connectivity index (χ0v) is 12.7. The van der Waals surface area contributed by atoms with Crippen molar-refractivity contribution in [2.45, 2.75) is 51.0 Å². The standard InChI is InChI=1S/C13H25NO4S/c1-3-19(17,18)10-9-14(2)13(11-12(15)16)7-5-4-6-8-13/h3-11H2,1-2H3,(H,15,16). The summed E-state index contributed by atoms with van der Waals surface area (Å²) in [4.78, 5) is 13.1. The number of carboxylic acids is 1. The maximum absolute atomic E-state index is 11.6. The summed E-state index contributed by atoms with van der Waals surface area (Å²) in [6.45, 7) is 2.06. The molecule has 0 heterocycles. The number of aliphatic carboxylic acids is 1.